The molecule has 2 rings (SSSR count). The van der Waals surface area contributed by atoms with E-state index in [0.29, 0.717) is 6.54 Å². The SMILES string of the molecule is CC1(c2ccc(CN)cc2)CCOC1. The van der Waals surface area contributed by atoms with Gasteiger partial charge in [0.15, 0.2) is 0 Å². The van der Waals surface area contributed by atoms with E-state index < -0.39 is 0 Å². The summed E-state index contributed by atoms with van der Waals surface area (Å²) in [7, 11) is 0. The van der Waals surface area contributed by atoms with Crippen molar-refractivity contribution in [2.45, 2.75) is 25.3 Å². The zero-order chi connectivity index (χ0) is 10.0. The molecular weight excluding hydrogens is 174 g/mol. The average molecular weight is 191 g/mol. The van der Waals surface area contributed by atoms with Gasteiger partial charge in [-0.15, -0.1) is 0 Å². The molecule has 1 fully saturated rings. The minimum atomic E-state index is 0.215. The third-order valence-electron chi connectivity index (χ3n) is 3.11. The number of nitrogens with two attached hydrogens (primary N) is 1. The second-order valence-electron chi connectivity index (χ2n) is 4.26. The van der Waals surface area contributed by atoms with Gasteiger partial charge in [-0.2, -0.15) is 0 Å². The second kappa shape index (κ2) is 3.71. The molecule has 2 nitrogen and oxygen atoms in total. The molecule has 0 saturated carbocycles. The molecule has 0 amide bonds. The maximum atomic E-state index is 5.56. The van der Waals surface area contributed by atoms with Crippen molar-refractivity contribution >= 4 is 0 Å². The first-order valence-electron chi connectivity index (χ1n) is 5.12. The van der Waals surface area contributed by atoms with E-state index >= 15 is 0 Å². The molecule has 1 atom stereocenters. The Kier molecular flexibility index (Phi) is 2.57. The largest absolute Gasteiger partial charge is 0.381 e. The van der Waals surface area contributed by atoms with Crippen LogP contribution in [0.1, 0.15) is 24.5 Å². The van der Waals surface area contributed by atoms with E-state index in [1.807, 2.05) is 0 Å². The summed E-state index contributed by atoms with van der Waals surface area (Å²) in [6.07, 6.45) is 1.12. The van der Waals surface area contributed by atoms with Crippen molar-refractivity contribution in [3.05, 3.63) is 35.4 Å². The molecule has 0 bridgehead atoms. The summed E-state index contributed by atoms with van der Waals surface area (Å²) in [5.74, 6) is 0. The van der Waals surface area contributed by atoms with Gasteiger partial charge in [0, 0.05) is 18.6 Å². The van der Waals surface area contributed by atoms with Gasteiger partial charge in [0.25, 0.3) is 0 Å². The number of ether oxygens (including phenoxy) is 1. The minimum absolute atomic E-state index is 0.215. The number of hydrogen-bond acceptors (Lipinski definition) is 2. The molecule has 2 N–H and O–H groups in total. The lowest BCUT2D eigenvalue weighted by atomic mass is 9.82. The molecule has 1 aliphatic heterocycles. The molecule has 76 valence electrons. The van der Waals surface area contributed by atoms with Crippen LogP contribution in [-0.2, 0) is 16.7 Å². The normalized spacial score (nSPS) is 26.7. The van der Waals surface area contributed by atoms with E-state index in [1.54, 1.807) is 0 Å². The van der Waals surface area contributed by atoms with Crippen molar-refractivity contribution in [1.82, 2.24) is 0 Å². The predicted octanol–water partition coefficient (Wildman–Crippen LogP) is 1.82. The quantitative estimate of drug-likeness (QED) is 0.774. The highest BCUT2D eigenvalue weighted by Gasteiger charge is 2.31. The second-order valence-corrected chi connectivity index (χ2v) is 4.26. The highest BCUT2D eigenvalue weighted by molar-refractivity contribution is 5.29. The summed E-state index contributed by atoms with van der Waals surface area (Å²) >= 11 is 0. The summed E-state index contributed by atoms with van der Waals surface area (Å²) in [5.41, 5.74) is 8.34. The Balaban J connectivity index is 2.23. The smallest absolute Gasteiger partial charge is 0.0561 e. The Hall–Kier alpha value is -0.860. The highest BCUT2D eigenvalue weighted by Crippen LogP contribution is 2.32. The zero-order valence-corrected chi connectivity index (χ0v) is 8.62. The van der Waals surface area contributed by atoms with Crippen molar-refractivity contribution in [2.24, 2.45) is 5.73 Å². The van der Waals surface area contributed by atoms with Crippen molar-refractivity contribution in [2.75, 3.05) is 13.2 Å². The summed E-state index contributed by atoms with van der Waals surface area (Å²) < 4.78 is 5.45. The predicted molar refractivity (Wildman–Crippen MR) is 57.1 cm³/mol. The van der Waals surface area contributed by atoms with Crippen LogP contribution in [0, 0.1) is 0 Å². The van der Waals surface area contributed by atoms with Crippen molar-refractivity contribution in [3.8, 4) is 0 Å². The lowest BCUT2D eigenvalue weighted by molar-refractivity contribution is 0.181. The van der Waals surface area contributed by atoms with Crippen LogP contribution in [-0.4, -0.2) is 13.2 Å². The van der Waals surface area contributed by atoms with Crippen LogP contribution in [0.2, 0.25) is 0 Å². The topological polar surface area (TPSA) is 35.2 Å². The third kappa shape index (κ3) is 1.68. The Morgan fingerprint density at radius 2 is 2.07 bits per heavy atom. The van der Waals surface area contributed by atoms with Gasteiger partial charge in [-0.3, -0.25) is 0 Å². The third-order valence-corrected chi connectivity index (χ3v) is 3.11. The molecule has 1 aliphatic rings. The van der Waals surface area contributed by atoms with Crippen LogP contribution in [0.3, 0.4) is 0 Å². The lowest BCUT2D eigenvalue weighted by Crippen LogP contribution is -2.21. The molecule has 1 aromatic rings. The number of hydrogen-bond donors (Lipinski definition) is 1. The molecule has 1 heterocycles. The molecule has 0 radical (unpaired) electrons. The molecule has 0 spiro atoms. The number of benzene rings is 1. The zero-order valence-electron chi connectivity index (χ0n) is 8.62. The molecule has 1 unspecified atom stereocenters. The molecule has 0 aromatic heterocycles. The van der Waals surface area contributed by atoms with Crippen LogP contribution in [0.25, 0.3) is 0 Å². The van der Waals surface area contributed by atoms with Gasteiger partial charge in [0.05, 0.1) is 6.61 Å². The van der Waals surface area contributed by atoms with Gasteiger partial charge < -0.3 is 10.5 Å². The molecule has 14 heavy (non-hydrogen) atoms. The summed E-state index contributed by atoms with van der Waals surface area (Å²) in [6, 6.07) is 8.57. The van der Waals surface area contributed by atoms with E-state index in [2.05, 4.69) is 31.2 Å². The van der Waals surface area contributed by atoms with E-state index in [0.717, 1.165) is 19.6 Å². The Labute approximate surface area is 85.1 Å². The van der Waals surface area contributed by atoms with Crippen molar-refractivity contribution in [3.63, 3.8) is 0 Å². The van der Waals surface area contributed by atoms with Gasteiger partial charge >= 0.3 is 0 Å². The first-order chi connectivity index (χ1) is 6.74. The van der Waals surface area contributed by atoms with Crippen LogP contribution >= 0.6 is 0 Å². The van der Waals surface area contributed by atoms with Crippen molar-refractivity contribution in [1.29, 1.82) is 0 Å². The molecular formula is C12H17NO. The lowest BCUT2D eigenvalue weighted by Gasteiger charge is -2.22. The van der Waals surface area contributed by atoms with E-state index in [1.165, 1.54) is 11.1 Å². The first-order valence-corrected chi connectivity index (χ1v) is 5.12. The highest BCUT2D eigenvalue weighted by atomic mass is 16.5. The van der Waals surface area contributed by atoms with Gasteiger partial charge in [0.2, 0.25) is 0 Å². The molecule has 0 aliphatic carbocycles. The Morgan fingerprint density at radius 3 is 2.57 bits per heavy atom. The standard InChI is InChI=1S/C12H17NO/c1-12(6-7-14-9-12)11-4-2-10(8-13)3-5-11/h2-5H,6-9,13H2,1H3. The fourth-order valence-electron chi connectivity index (χ4n) is 1.94. The minimum Gasteiger partial charge on any atom is -0.381 e. The summed E-state index contributed by atoms with van der Waals surface area (Å²) in [6.45, 7) is 4.61. The molecule has 1 saturated heterocycles. The van der Waals surface area contributed by atoms with Crippen LogP contribution < -0.4 is 5.73 Å². The summed E-state index contributed by atoms with van der Waals surface area (Å²) in [4.78, 5) is 0. The van der Waals surface area contributed by atoms with Crippen LogP contribution in [0.5, 0.6) is 0 Å². The van der Waals surface area contributed by atoms with Gasteiger partial charge in [-0.05, 0) is 17.5 Å². The van der Waals surface area contributed by atoms with Crippen molar-refractivity contribution < 1.29 is 4.74 Å². The Morgan fingerprint density at radius 1 is 1.36 bits per heavy atom. The van der Waals surface area contributed by atoms with E-state index in [4.69, 9.17) is 10.5 Å². The fourth-order valence-corrected chi connectivity index (χ4v) is 1.94. The van der Waals surface area contributed by atoms with Gasteiger partial charge in [0.1, 0.15) is 0 Å². The van der Waals surface area contributed by atoms with E-state index in [-0.39, 0.29) is 5.41 Å². The van der Waals surface area contributed by atoms with Gasteiger partial charge in [-0.1, -0.05) is 31.2 Å². The maximum Gasteiger partial charge on any atom is 0.0561 e. The summed E-state index contributed by atoms with van der Waals surface area (Å²) in [5, 5.41) is 0. The van der Waals surface area contributed by atoms with Crippen LogP contribution in [0.4, 0.5) is 0 Å². The molecule has 1 aromatic carbocycles. The monoisotopic (exact) mass is 191 g/mol. The Bertz CT molecular complexity index is 299. The first kappa shape index (κ1) is 9.69. The molecule has 2 heteroatoms. The maximum absolute atomic E-state index is 5.56. The van der Waals surface area contributed by atoms with Gasteiger partial charge in [-0.25, -0.2) is 0 Å². The average Bonchev–Trinajstić information content (AvgIpc) is 2.67. The fraction of sp³-hybridized carbons (Fsp3) is 0.500. The van der Waals surface area contributed by atoms with E-state index in [9.17, 15) is 0 Å². The number of rotatable bonds is 2. The van der Waals surface area contributed by atoms with Crippen LogP contribution in [0.15, 0.2) is 24.3 Å².